The van der Waals surface area contributed by atoms with Crippen molar-refractivity contribution in [2.75, 3.05) is 32.7 Å². The molecule has 0 radical (unpaired) electrons. The molecule has 0 spiro atoms. The molecule has 2 aromatic carbocycles. The average molecular weight is 584 g/mol. The van der Waals surface area contributed by atoms with Gasteiger partial charge < -0.3 is 14.7 Å². The van der Waals surface area contributed by atoms with Crippen LogP contribution in [0.25, 0.3) is 0 Å². The zero-order valence-corrected chi connectivity index (χ0v) is 22.6. The highest BCUT2D eigenvalue weighted by molar-refractivity contribution is 7.89. The van der Waals surface area contributed by atoms with Crippen LogP contribution in [0.2, 0.25) is 5.02 Å². The van der Waals surface area contributed by atoms with Crippen molar-refractivity contribution in [1.29, 1.82) is 0 Å². The molecule has 39 heavy (non-hydrogen) atoms. The number of amides is 1. The summed E-state index contributed by atoms with van der Waals surface area (Å²) in [7, 11) is -4.67. The van der Waals surface area contributed by atoms with E-state index in [1.54, 1.807) is 0 Å². The second-order valence-corrected chi connectivity index (χ2v) is 12.5. The van der Waals surface area contributed by atoms with E-state index in [9.17, 15) is 31.9 Å². The molecule has 1 amide bonds. The second kappa shape index (κ2) is 10.6. The molecule has 9 nitrogen and oxygen atoms in total. The number of hydrogen-bond donors (Lipinski definition) is 1. The number of benzene rings is 2. The number of aliphatic carboxylic acids is 1. The summed E-state index contributed by atoms with van der Waals surface area (Å²) in [5.74, 6) is -4.92. The highest BCUT2D eigenvalue weighted by Gasteiger charge is 2.62. The summed E-state index contributed by atoms with van der Waals surface area (Å²) in [6.07, 6.45) is 3.24. The fourth-order valence-corrected chi connectivity index (χ4v) is 7.85. The van der Waals surface area contributed by atoms with Crippen LogP contribution in [0.3, 0.4) is 0 Å². The molecule has 0 aliphatic carbocycles. The number of carboxylic acid groups (broad SMARTS) is 1. The summed E-state index contributed by atoms with van der Waals surface area (Å²) in [5.41, 5.74) is -1.94. The van der Waals surface area contributed by atoms with Crippen LogP contribution in [0.15, 0.2) is 41.3 Å². The molecule has 3 aliphatic rings. The Labute approximate surface area is 229 Å². The Morgan fingerprint density at radius 1 is 1.08 bits per heavy atom. The number of rotatable bonds is 7. The topological polar surface area (TPSA) is 107 Å². The van der Waals surface area contributed by atoms with E-state index in [2.05, 4.69) is 0 Å². The van der Waals surface area contributed by atoms with Crippen molar-refractivity contribution in [2.24, 2.45) is 0 Å². The number of ether oxygens (including phenoxy) is 1. The summed E-state index contributed by atoms with van der Waals surface area (Å²) in [6, 6.07) is 6.10. The standard InChI is InChI=1S/C26H28ClF2N3O6S/c27-17-4-6-19(7-5-17)38-24-21(28)12-20(13-22(24)29)39(36,37)32-18-8-9-26(32,25(34)35)16-31(14-18)23(33)15-30-10-2-1-3-11-30/h4-7,12-13,18H,1-3,8-11,14-16H2,(H,34,35). The first-order valence-electron chi connectivity index (χ1n) is 12.7. The van der Waals surface area contributed by atoms with Crippen LogP contribution in [0, 0.1) is 11.6 Å². The van der Waals surface area contributed by atoms with E-state index < -0.39 is 49.9 Å². The van der Waals surface area contributed by atoms with Crippen LogP contribution in [-0.4, -0.2) is 83.8 Å². The first-order valence-corrected chi connectivity index (χ1v) is 14.5. The van der Waals surface area contributed by atoms with Gasteiger partial charge in [0, 0.05) is 17.6 Å². The Bertz CT molecular complexity index is 1360. The zero-order valence-electron chi connectivity index (χ0n) is 21.0. The largest absolute Gasteiger partial charge is 0.480 e. The minimum absolute atomic E-state index is 0.00363. The molecule has 0 aromatic heterocycles. The molecular weight excluding hydrogens is 556 g/mol. The number of fused-ring (bicyclic) bond motifs is 2. The average Bonchev–Trinajstić information content (AvgIpc) is 3.16. The minimum atomic E-state index is -4.67. The van der Waals surface area contributed by atoms with Crippen molar-refractivity contribution in [3.63, 3.8) is 0 Å². The second-order valence-electron chi connectivity index (χ2n) is 10.2. The lowest BCUT2D eigenvalue weighted by molar-refractivity contribution is -0.153. The smallest absolute Gasteiger partial charge is 0.327 e. The number of nitrogens with zero attached hydrogens (tertiary/aromatic N) is 3. The SMILES string of the molecule is O=C(CN1CCCCC1)N1CC2CCC(C(=O)O)(C1)N2S(=O)(=O)c1cc(F)c(Oc2ccc(Cl)cc2)c(F)c1. The summed E-state index contributed by atoms with van der Waals surface area (Å²) < 4.78 is 63.5. The number of carbonyl (C=O) groups is 2. The molecule has 3 aliphatic heterocycles. The molecule has 1 N–H and O–H groups in total. The van der Waals surface area contributed by atoms with Gasteiger partial charge in [-0.1, -0.05) is 18.0 Å². The lowest BCUT2D eigenvalue weighted by Gasteiger charge is -2.45. The molecule has 2 aromatic rings. The van der Waals surface area contributed by atoms with Crippen LogP contribution < -0.4 is 4.74 Å². The van der Waals surface area contributed by atoms with Crippen molar-refractivity contribution in [3.05, 3.63) is 53.1 Å². The van der Waals surface area contributed by atoms with E-state index in [1.807, 2.05) is 4.90 Å². The highest BCUT2D eigenvalue weighted by Crippen LogP contribution is 2.44. The zero-order chi connectivity index (χ0) is 27.9. The predicted molar refractivity (Wildman–Crippen MR) is 137 cm³/mol. The molecule has 2 unspecified atom stereocenters. The normalized spacial score (nSPS) is 24.1. The van der Waals surface area contributed by atoms with Gasteiger partial charge in [0.15, 0.2) is 22.9 Å². The van der Waals surface area contributed by atoms with Crippen LogP contribution in [0.1, 0.15) is 32.1 Å². The van der Waals surface area contributed by atoms with Crippen LogP contribution >= 0.6 is 11.6 Å². The number of carboxylic acids is 1. The molecule has 13 heteroatoms. The molecule has 3 heterocycles. The van der Waals surface area contributed by atoms with Gasteiger partial charge in [0.25, 0.3) is 0 Å². The van der Waals surface area contributed by atoms with Crippen molar-refractivity contribution >= 4 is 33.5 Å². The van der Waals surface area contributed by atoms with E-state index in [-0.39, 0.29) is 44.1 Å². The molecule has 3 fully saturated rings. The lowest BCUT2D eigenvalue weighted by atomic mass is 9.97. The lowest BCUT2D eigenvalue weighted by Crippen LogP contribution is -2.67. The number of likely N-dealkylation sites (tertiary alicyclic amines) is 2. The fourth-order valence-electron chi connectivity index (χ4n) is 5.74. The minimum Gasteiger partial charge on any atom is -0.480 e. The van der Waals surface area contributed by atoms with Crippen molar-refractivity contribution < 1.29 is 36.6 Å². The maximum atomic E-state index is 15.0. The van der Waals surface area contributed by atoms with Crippen molar-refractivity contribution in [2.45, 2.75) is 48.6 Å². The van der Waals surface area contributed by atoms with Gasteiger partial charge in [-0.15, -0.1) is 0 Å². The number of sulfonamides is 1. The first-order chi connectivity index (χ1) is 18.5. The number of carbonyl (C=O) groups excluding carboxylic acids is 1. The van der Waals surface area contributed by atoms with Gasteiger partial charge in [0.1, 0.15) is 5.75 Å². The molecular formula is C26H28ClF2N3O6S. The van der Waals surface area contributed by atoms with Crippen molar-refractivity contribution in [1.82, 2.24) is 14.1 Å². The fraction of sp³-hybridized carbons (Fsp3) is 0.462. The van der Waals surface area contributed by atoms with Crippen LogP contribution in [0.4, 0.5) is 8.78 Å². The Morgan fingerprint density at radius 3 is 2.33 bits per heavy atom. The van der Waals surface area contributed by atoms with Crippen LogP contribution in [-0.2, 0) is 19.6 Å². The Hall–Kier alpha value is -2.80. The maximum absolute atomic E-state index is 15.0. The van der Waals surface area contributed by atoms with E-state index in [0.29, 0.717) is 17.2 Å². The third-order valence-electron chi connectivity index (χ3n) is 7.65. The van der Waals surface area contributed by atoms with Gasteiger partial charge in [-0.05, 0) is 75.2 Å². The summed E-state index contributed by atoms with van der Waals surface area (Å²) >= 11 is 5.81. The predicted octanol–water partition coefficient (Wildman–Crippen LogP) is 3.72. The van der Waals surface area contributed by atoms with Gasteiger partial charge in [-0.25, -0.2) is 17.2 Å². The van der Waals surface area contributed by atoms with Gasteiger partial charge in [-0.3, -0.25) is 14.5 Å². The van der Waals surface area contributed by atoms with E-state index in [1.165, 1.54) is 29.2 Å². The third-order valence-corrected chi connectivity index (χ3v) is 9.90. The summed E-state index contributed by atoms with van der Waals surface area (Å²) in [5, 5.41) is 10.6. The summed E-state index contributed by atoms with van der Waals surface area (Å²) in [6.45, 7) is 1.36. The number of piperidine rings is 1. The van der Waals surface area contributed by atoms with E-state index in [0.717, 1.165) is 36.7 Å². The molecule has 5 rings (SSSR count). The number of halogens is 3. The number of piperazine rings is 1. The van der Waals surface area contributed by atoms with Crippen LogP contribution in [0.5, 0.6) is 11.5 Å². The van der Waals surface area contributed by atoms with Gasteiger partial charge in [0.05, 0.1) is 18.0 Å². The molecule has 0 saturated carbocycles. The summed E-state index contributed by atoms with van der Waals surface area (Å²) in [4.78, 5) is 28.3. The third kappa shape index (κ3) is 5.22. The van der Waals surface area contributed by atoms with Gasteiger partial charge in [0.2, 0.25) is 15.9 Å². The monoisotopic (exact) mass is 583 g/mol. The first kappa shape index (κ1) is 27.8. The Balaban J connectivity index is 1.41. The quantitative estimate of drug-likeness (QED) is 0.529. The van der Waals surface area contributed by atoms with Gasteiger partial charge >= 0.3 is 5.97 Å². The van der Waals surface area contributed by atoms with Gasteiger partial charge in [-0.2, -0.15) is 4.31 Å². The number of hydrogen-bond acceptors (Lipinski definition) is 6. The van der Waals surface area contributed by atoms with E-state index in [4.69, 9.17) is 16.3 Å². The molecule has 3 saturated heterocycles. The highest BCUT2D eigenvalue weighted by atomic mass is 35.5. The molecule has 2 atom stereocenters. The van der Waals surface area contributed by atoms with E-state index >= 15 is 0 Å². The molecule has 2 bridgehead atoms. The molecule has 210 valence electrons. The Kier molecular flexibility index (Phi) is 7.57. The Morgan fingerprint density at radius 2 is 1.72 bits per heavy atom. The van der Waals surface area contributed by atoms with Crippen molar-refractivity contribution in [3.8, 4) is 11.5 Å². The maximum Gasteiger partial charge on any atom is 0.327 e.